The molecule has 0 N–H and O–H groups in total. The maximum Gasteiger partial charge on any atom is 0.260 e. The topological polar surface area (TPSA) is 165 Å². The van der Waals surface area contributed by atoms with Crippen LogP contribution in [0.5, 0.6) is 0 Å². The number of nitrogens with zero attached hydrogens (tertiary/aromatic N) is 8. The largest absolute Gasteiger partial charge is 0.278 e. The van der Waals surface area contributed by atoms with Gasteiger partial charge in [0.2, 0.25) is 23.6 Å². The molecular formula is C26H32N8O6S2. The summed E-state index contributed by atoms with van der Waals surface area (Å²) in [5, 5.41) is 10.7. The van der Waals surface area contributed by atoms with Crippen molar-refractivity contribution in [2.24, 2.45) is 20.2 Å². The van der Waals surface area contributed by atoms with E-state index in [0.717, 1.165) is 59.2 Å². The van der Waals surface area contributed by atoms with E-state index in [1.165, 1.54) is 37.5 Å². The third kappa shape index (κ3) is 4.97. The highest BCUT2D eigenvalue weighted by Gasteiger charge is 2.54. The average molecular weight is 617 g/mol. The number of rotatable bonds is 0. The van der Waals surface area contributed by atoms with Gasteiger partial charge in [0.15, 0.2) is 22.0 Å². The number of hydrogen-bond acceptors (Lipinski definition) is 12. The zero-order valence-corrected chi connectivity index (χ0v) is 25.5. The van der Waals surface area contributed by atoms with Gasteiger partial charge in [-0.1, -0.05) is 49.2 Å². The van der Waals surface area contributed by atoms with Crippen molar-refractivity contribution in [3.05, 3.63) is 0 Å². The summed E-state index contributed by atoms with van der Waals surface area (Å²) in [6, 6.07) is 0. The summed E-state index contributed by atoms with van der Waals surface area (Å²) in [5.74, 6) is -3.49. The molecule has 2 aliphatic carbocycles. The fourth-order valence-electron chi connectivity index (χ4n) is 6.33. The van der Waals surface area contributed by atoms with E-state index in [2.05, 4.69) is 20.2 Å². The van der Waals surface area contributed by atoms with E-state index in [1.807, 2.05) is 0 Å². The Kier molecular flexibility index (Phi) is 8.13. The van der Waals surface area contributed by atoms with Crippen LogP contribution in [-0.4, -0.2) is 99.9 Å². The lowest BCUT2D eigenvalue weighted by molar-refractivity contribution is -0.143. The van der Waals surface area contributed by atoms with Crippen molar-refractivity contribution in [1.82, 2.24) is 19.8 Å². The van der Waals surface area contributed by atoms with Crippen LogP contribution >= 0.6 is 23.5 Å². The summed E-state index contributed by atoms with van der Waals surface area (Å²) in [6.45, 7) is 5.20. The fraction of sp³-hybridized carbons (Fsp3) is 0.615. The summed E-state index contributed by atoms with van der Waals surface area (Å²) in [7, 11) is 0. The lowest BCUT2D eigenvalue weighted by atomic mass is 9.95. The number of aliphatic imine (C=N–C) groups is 2. The van der Waals surface area contributed by atoms with Crippen LogP contribution in [0, 0.1) is 0 Å². The molecule has 42 heavy (non-hydrogen) atoms. The highest BCUT2D eigenvalue weighted by molar-refractivity contribution is 8.14. The molecular weight excluding hydrogens is 584 g/mol. The molecule has 5 aliphatic rings. The van der Waals surface area contributed by atoms with Gasteiger partial charge in [-0.2, -0.15) is 10.0 Å². The van der Waals surface area contributed by atoms with Crippen LogP contribution in [0.4, 0.5) is 0 Å². The standard InChI is InChI=1S/C26H32N8O6S2/c1-15(35)31-23-27-21(25(31)9-5-6-10-25)29-33(17(3)37)20(40)14-42-24-28-22(30-34(18(4)38)19(39)13-41-23)26(11-7-8-12-26)32(24)16(2)36/h5-14H2,1-4H3/b29-21-,30-22+. The summed E-state index contributed by atoms with van der Waals surface area (Å²) in [6.07, 6.45) is 5.16. The highest BCUT2D eigenvalue weighted by atomic mass is 32.2. The third-order valence-electron chi connectivity index (χ3n) is 8.07. The van der Waals surface area contributed by atoms with Gasteiger partial charge in [-0.3, -0.25) is 38.6 Å². The first-order valence-corrected chi connectivity index (χ1v) is 15.8. The molecule has 5 rings (SSSR count). The van der Waals surface area contributed by atoms with Crippen molar-refractivity contribution in [2.45, 2.75) is 90.1 Å². The molecule has 2 spiro atoms. The van der Waals surface area contributed by atoms with E-state index in [4.69, 9.17) is 0 Å². The molecule has 3 aliphatic heterocycles. The van der Waals surface area contributed by atoms with Crippen molar-refractivity contribution in [2.75, 3.05) is 11.5 Å². The minimum Gasteiger partial charge on any atom is -0.278 e. The van der Waals surface area contributed by atoms with Gasteiger partial charge < -0.3 is 0 Å². The molecule has 224 valence electrons. The van der Waals surface area contributed by atoms with Gasteiger partial charge in [0.25, 0.3) is 11.8 Å². The number of fused-ring (bicyclic) bond motifs is 4. The van der Waals surface area contributed by atoms with Crippen molar-refractivity contribution in [1.29, 1.82) is 0 Å². The number of amidine groups is 4. The Balaban J connectivity index is 1.63. The summed E-state index contributed by atoms with van der Waals surface area (Å²) in [5.41, 5.74) is -1.92. The maximum atomic E-state index is 13.4. The second-order valence-electron chi connectivity index (χ2n) is 10.8. The number of hydrogen-bond donors (Lipinski definition) is 0. The minimum atomic E-state index is -0.962. The molecule has 6 amide bonds. The molecule has 0 atom stereocenters. The van der Waals surface area contributed by atoms with E-state index >= 15 is 0 Å². The quantitative estimate of drug-likeness (QED) is 0.398. The lowest BCUT2D eigenvalue weighted by Crippen LogP contribution is -2.53. The Morgan fingerprint density at radius 2 is 0.929 bits per heavy atom. The van der Waals surface area contributed by atoms with Crippen molar-refractivity contribution < 1.29 is 28.8 Å². The first-order chi connectivity index (χ1) is 19.9. The Morgan fingerprint density at radius 3 is 1.21 bits per heavy atom. The first kappa shape index (κ1) is 30.1. The molecule has 0 aromatic carbocycles. The third-order valence-corrected chi connectivity index (χ3v) is 9.92. The van der Waals surface area contributed by atoms with Gasteiger partial charge in [-0.25, -0.2) is 9.98 Å². The second-order valence-corrected chi connectivity index (χ2v) is 12.7. The molecule has 4 bridgehead atoms. The number of amides is 6. The molecule has 0 radical (unpaired) electrons. The van der Waals surface area contributed by atoms with E-state index in [1.54, 1.807) is 0 Å². The normalized spacial score (nSPS) is 26.3. The molecule has 0 saturated heterocycles. The van der Waals surface area contributed by atoms with Crippen LogP contribution in [0.25, 0.3) is 0 Å². The number of carbonyl (C=O) groups is 6. The summed E-state index contributed by atoms with van der Waals surface area (Å²) >= 11 is 1.91. The molecule has 0 aromatic rings. The van der Waals surface area contributed by atoms with Crippen molar-refractivity contribution >= 4 is 81.0 Å². The Hall–Kier alpha value is -3.40. The van der Waals surface area contributed by atoms with Crippen LogP contribution in [0.1, 0.15) is 79.1 Å². The van der Waals surface area contributed by atoms with Crippen LogP contribution in [0.15, 0.2) is 20.2 Å². The average Bonchev–Trinajstić information content (AvgIpc) is 3.70. The van der Waals surface area contributed by atoms with Gasteiger partial charge in [0, 0.05) is 27.7 Å². The first-order valence-electron chi connectivity index (χ1n) is 13.8. The predicted molar refractivity (Wildman–Crippen MR) is 157 cm³/mol. The zero-order chi connectivity index (χ0) is 30.4. The Labute approximate surface area is 251 Å². The van der Waals surface area contributed by atoms with Gasteiger partial charge in [-0.15, -0.1) is 10.2 Å². The Morgan fingerprint density at radius 1 is 0.595 bits per heavy atom. The van der Waals surface area contributed by atoms with E-state index in [-0.39, 0.29) is 45.3 Å². The summed E-state index contributed by atoms with van der Waals surface area (Å²) < 4.78 is 0. The van der Waals surface area contributed by atoms with E-state index in [0.29, 0.717) is 25.7 Å². The van der Waals surface area contributed by atoms with Gasteiger partial charge in [-0.05, 0) is 25.7 Å². The molecule has 14 nitrogen and oxygen atoms in total. The monoisotopic (exact) mass is 616 g/mol. The van der Waals surface area contributed by atoms with Crippen molar-refractivity contribution in [3.63, 3.8) is 0 Å². The van der Waals surface area contributed by atoms with E-state index < -0.39 is 34.7 Å². The number of hydrazone groups is 2. The van der Waals surface area contributed by atoms with Gasteiger partial charge >= 0.3 is 0 Å². The molecule has 2 fully saturated rings. The van der Waals surface area contributed by atoms with Crippen LogP contribution in [0.2, 0.25) is 0 Å². The van der Waals surface area contributed by atoms with Gasteiger partial charge in [0.05, 0.1) is 11.5 Å². The van der Waals surface area contributed by atoms with Crippen LogP contribution in [-0.2, 0) is 28.8 Å². The van der Waals surface area contributed by atoms with E-state index in [9.17, 15) is 28.8 Å². The van der Waals surface area contributed by atoms with Gasteiger partial charge in [0.1, 0.15) is 11.1 Å². The number of carbonyl (C=O) groups excluding carboxylic acids is 6. The summed E-state index contributed by atoms with van der Waals surface area (Å²) in [4.78, 5) is 90.3. The number of imide groups is 2. The molecule has 0 unspecified atom stereocenters. The minimum absolute atomic E-state index is 0.142. The maximum absolute atomic E-state index is 13.4. The van der Waals surface area contributed by atoms with Crippen LogP contribution < -0.4 is 0 Å². The smallest absolute Gasteiger partial charge is 0.260 e. The highest BCUT2D eigenvalue weighted by Crippen LogP contribution is 2.44. The molecule has 0 aromatic heterocycles. The van der Waals surface area contributed by atoms with Crippen molar-refractivity contribution in [3.8, 4) is 0 Å². The lowest BCUT2D eigenvalue weighted by Gasteiger charge is -2.35. The SMILES string of the molecule is CC(=O)N1/N=C2\N=C(SCC(=O)N(C(C)=O)/N=C3/N=C(SCC1=O)N(C(C)=O)C31CCCC1)N(C(C)=O)C21CCCC1. The number of thioether (sulfide) groups is 2. The zero-order valence-electron chi connectivity index (χ0n) is 23.9. The second kappa shape index (κ2) is 11.4. The predicted octanol–water partition coefficient (Wildman–Crippen LogP) is 1.91. The van der Waals surface area contributed by atoms with Crippen LogP contribution in [0.3, 0.4) is 0 Å². The molecule has 3 heterocycles. The molecule has 16 heteroatoms. The Bertz CT molecular complexity index is 1290. The fourth-order valence-corrected chi connectivity index (χ4v) is 8.25. The molecule has 2 saturated carbocycles.